The van der Waals surface area contributed by atoms with Crippen LogP contribution in [-0.4, -0.2) is 25.3 Å². The van der Waals surface area contributed by atoms with Crippen LogP contribution < -0.4 is 10.6 Å². The van der Waals surface area contributed by atoms with Gasteiger partial charge in [-0.25, -0.2) is 4.79 Å². The van der Waals surface area contributed by atoms with E-state index in [9.17, 15) is 4.79 Å². The molecule has 1 rings (SSSR count). The molecule has 1 aromatic rings. The standard InChI is InChI=1S/C15H24N2O2/c1-11-7-6-8-12(9-11)13(16-5)10-17-14(18)19-15(2,3)4/h6-9,13,16H,10H2,1-5H3,(H,17,18). The molecule has 0 aliphatic carbocycles. The third-order valence-corrected chi connectivity index (χ3v) is 2.64. The average Bonchev–Trinajstić information content (AvgIpc) is 2.27. The van der Waals surface area contributed by atoms with Crippen LogP contribution in [0.4, 0.5) is 4.79 Å². The molecule has 0 fully saturated rings. The van der Waals surface area contributed by atoms with Crippen molar-refractivity contribution in [2.45, 2.75) is 39.3 Å². The molecule has 0 aliphatic rings. The summed E-state index contributed by atoms with van der Waals surface area (Å²) in [6.45, 7) is 8.10. The molecule has 0 radical (unpaired) electrons. The lowest BCUT2D eigenvalue weighted by Gasteiger charge is -2.22. The summed E-state index contributed by atoms with van der Waals surface area (Å²) in [5.74, 6) is 0. The highest BCUT2D eigenvalue weighted by molar-refractivity contribution is 5.67. The molecule has 0 aromatic heterocycles. The summed E-state index contributed by atoms with van der Waals surface area (Å²) >= 11 is 0. The minimum atomic E-state index is -0.470. The Morgan fingerprint density at radius 1 is 1.37 bits per heavy atom. The second kappa shape index (κ2) is 6.57. The number of benzene rings is 1. The second-order valence-electron chi connectivity index (χ2n) is 5.64. The molecule has 0 saturated heterocycles. The lowest BCUT2D eigenvalue weighted by molar-refractivity contribution is 0.0523. The Balaban J connectivity index is 2.56. The first-order valence-electron chi connectivity index (χ1n) is 6.52. The van der Waals surface area contributed by atoms with Gasteiger partial charge in [-0.1, -0.05) is 29.8 Å². The Morgan fingerprint density at radius 2 is 2.05 bits per heavy atom. The summed E-state index contributed by atoms with van der Waals surface area (Å²) in [6, 6.07) is 8.30. The van der Waals surface area contributed by atoms with Crippen molar-refractivity contribution in [3.05, 3.63) is 35.4 Å². The van der Waals surface area contributed by atoms with E-state index in [2.05, 4.69) is 29.7 Å². The maximum atomic E-state index is 11.6. The lowest BCUT2D eigenvalue weighted by Crippen LogP contribution is -2.37. The average molecular weight is 264 g/mol. The Hall–Kier alpha value is -1.55. The van der Waals surface area contributed by atoms with Crippen LogP contribution in [0.1, 0.15) is 37.9 Å². The number of likely N-dealkylation sites (N-methyl/N-ethyl adjacent to an activating group) is 1. The van der Waals surface area contributed by atoms with Gasteiger partial charge in [0, 0.05) is 12.6 Å². The van der Waals surface area contributed by atoms with E-state index >= 15 is 0 Å². The van der Waals surface area contributed by atoms with Crippen molar-refractivity contribution in [3.63, 3.8) is 0 Å². The molecule has 106 valence electrons. The second-order valence-corrected chi connectivity index (χ2v) is 5.64. The monoisotopic (exact) mass is 264 g/mol. The predicted molar refractivity (Wildman–Crippen MR) is 77.2 cm³/mol. The third-order valence-electron chi connectivity index (χ3n) is 2.64. The van der Waals surface area contributed by atoms with E-state index in [-0.39, 0.29) is 12.1 Å². The number of alkyl carbamates (subject to hydrolysis) is 1. The SMILES string of the molecule is CNC(CNC(=O)OC(C)(C)C)c1cccc(C)c1. The van der Waals surface area contributed by atoms with Crippen molar-refractivity contribution in [1.82, 2.24) is 10.6 Å². The Bertz CT molecular complexity index is 424. The number of aryl methyl sites for hydroxylation is 1. The molecule has 2 N–H and O–H groups in total. The van der Waals surface area contributed by atoms with Gasteiger partial charge in [0.05, 0.1) is 0 Å². The van der Waals surface area contributed by atoms with Crippen molar-refractivity contribution in [1.29, 1.82) is 0 Å². The van der Waals surface area contributed by atoms with E-state index in [0.29, 0.717) is 6.54 Å². The van der Waals surface area contributed by atoms with Gasteiger partial charge < -0.3 is 15.4 Å². The molecule has 0 bridgehead atoms. The van der Waals surface area contributed by atoms with Crippen LogP contribution in [0.15, 0.2) is 24.3 Å². The maximum Gasteiger partial charge on any atom is 0.407 e. The summed E-state index contributed by atoms with van der Waals surface area (Å²) in [6.07, 6.45) is -0.389. The number of nitrogens with one attached hydrogen (secondary N) is 2. The lowest BCUT2D eigenvalue weighted by atomic mass is 10.0. The van der Waals surface area contributed by atoms with Gasteiger partial charge in [-0.15, -0.1) is 0 Å². The summed E-state index contributed by atoms with van der Waals surface area (Å²) in [5.41, 5.74) is 1.89. The smallest absolute Gasteiger partial charge is 0.407 e. The van der Waals surface area contributed by atoms with Gasteiger partial charge >= 0.3 is 6.09 Å². The van der Waals surface area contributed by atoms with Crippen LogP contribution >= 0.6 is 0 Å². The van der Waals surface area contributed by atoms with Crippen molar-refractivity contribution in [2.75, 3.05) is 13.6 Å². The number of hydrogen-bond acceptors (Lipinski definition) is 3. The molecule has 1 unspecified atom stereocenters. The first-order chi connectivity index (χ1) is 8.81. The fourth-order valence-corrected chi connectivity index (χ4v) is 1.77. The Labute approximate surface area is 115 Å². The number of rotatable bonds is 4. The van der Waals surface area contributed by atoms with Gasteiger partial charge in [0.25, 0.3) is 0 Å². The Kier molecular flexibility index (Phi) is 5.36. The van der Waals surface area contributed by atoms with Crippen LogP contribution in [0.2, 0.25) is 0 Å². The highest BCUT2D eigenvalue weighted by atomic mass is 16.6. The molecule has 0 spiro atoms. The van der Waals surface area contributed by atoms with Crippen molar-refractivity contribution in [3.8, 4) is 0 Å². The van der Waals surface area contributed by atoms with E-state index in [1.807, 2.05) is 40.0 Å². The van der Waals surface area contributed by atoms with Gasteiger partial charge in [-0.2, -0.15) is 0 Å². The first kappa shape index (κ1) is 15.5. The van der Waals surface area contributed by atoms with E-state index in [4.69, 9.17) is 4.74 Å². The fraction of sp³-hybridized carbons (Fsp3) is 0.533. The van der Waals surface area contributed by atoms with Gasteiger partial charge in [0.15, 0.2) is 0 Å². The zero-order chi connectivity index (χ0) is 14.5. The van der Waals surface area contributed by atoms with Crippen molar-refractivity contribution in [2.24, 2.45) is 0 Å². The summed E-state index contributed by atoms with van der Waals surface area (Å²) in [5, 5.41) is 5.98. The largest absolute Gasteiger partial charge is 0.444 e. The van der Waals surface area contributed by atoms with Crippen molar-refractivity contribution < 1.29 is 9.53 Å². The normalized spacial score (nSPS) is 12.9. The number of hydrogen-bond donors (Lipinski definition) is 2. The van der Waals surface area contributed by atoms with Crippen LogP contribution in [0.25, 0.3) is 0 Å². The van der Waals surface area contributed by atoms with E-state index in [1.165, 1.54) is 5.56 Å². The first-order valence-corrected chi connectivity index (χ1v) is 6.52. The molecule has 4 nitrogen and oxygen atoms in total. The fourth-order valence-electron chi connectivity index (χ4n) is 1.77. The summed E-state index contributed by atoms with van der Waals surface area (Å²) in [7, 11) is 1.88. The maximum absolute atomic E-state index is 11.6. The van der Waals surface area contributed by atoms with Crippen LogP contribution in [0.3, 0.4) is 0 Å². The molecule has 0 saturated carbocycles. The van der Waals surface area contributed by atoms with E-state index in [1.54, 1.807) is 0 Å². The van der Waals surface area contributed by atoms with Crippen LogP contribution in [0.5, 0.6) is 0 Å². The van der Waals surface area contributed by atoms with Gasteiger partial charge in [-0.05, 0) is 40.3 Å². The van der Waals surface area contributed by atoms with Gasteiger partial charge in [-0.3, -0.25) is 0 Å². The van der Waals surface area contributed by atoms with E-state index < -0.39 is 5.60 Å². The molecule has 1 aromatic carbocycles. The zero-order valence-electron chi connectivity index (χ0n) is 12.4. The predicted octanol–water partition coefficient (Wildman–Crippen LogP) is 2.78. The van der Waals surface area contributed by atoms with Crippen LogP contribution in [-0.2, 0) is 4.74 Å². The topological polar surface area (TPSA) is 50.4 Å². The quantitative estimate of drug-likeness (QED) is 0.879. The molecule has 0 aliphatic heterocycles. The Morgan fingerprint density at radius 3 is 2.58 bits per heavy atom. The molecule has 0 heterocycles. The third kappa shape index (κ3) is 5.75. The van der Waals surface area contributed by atoms with Crippen LogP contribution in [0, 0.1) is 6.92 Å². The van der Waals surface area contributed by atoms with Gasteiger partial charge in [0.2, 0.25) is 0 Å². The van der Waals surface area contributed by atoms with Crippen molar-refractivity contribution >= 4 is 6.09 Å². The summed E-state index contributed by atoms with van der Waals surface area (Å²) in [4.78, 5) is 11.6. The molecule has 4 heteroatoms. The molecular formula is C15H24N2O2. The minimum Gasteiger partial charge on any atom is -0.444 e. The summed E-state index contributed by atoms with van der Waals surface area (Å²) < 4.78 is 5.21. The van der Waals surface area contributed by atoms with E-state index in [0.717, 1.165) is 5.56 Å². The minimum absolute atomic E-state index is 0.0763. The molecule has 1 atom stereocenters. The number of amides is 1. The molecular weight excluding hydrogens is 240 g/mol. The highest BCUT2D eigenvalue weighted by Gasteiger charge is 2.17. The number of carbonyl (C=O) groups excluding carboxylic acids is 1. The van der Waals surface area contributed by atoms with Gasteiger partial charge in [0.1, 0.15) is 5.60 Å². The number of ether oxygens (including phenoxy) is 1. The number of carbonyl (C=O) groups is 1. The molecule has 1 amide bonds. The highest BCUT2D eigenvalue weighted by Crippen LogP contribution is 2.13. The zero-order valence-corrected chi connectivity index (χ0v) is 12.4. The molecule has 19 heavy (non-hydrogen) atoms.